The molecule has 1 aliphatic heterocycles. The Labute approximate surface area is 103 Å². The lowest BCUT2D eigenvalue weighted by atomic mass is 10.2. The molecule has 0 spiro atoms. The fourth-order valence-electron chi connectivity index (χ4n) is 1.42. The molecule has 0 fully saturated rings. The number of carboxylic acids is 1. The molecule has 1 heterocycles. The zero-order chi connectivity index (χ0) is 12.1. The lowest BCUT2D eigenvalue weighted by molar-refractivity contribution is 0.0638. The van der Waals surface area contributed by atoms with Gasteiger partial charge in [0.15, 0.2) is 5.09 Å². The van der Waals surface area contributed by atoms with E-state index in [1.807, 2.05) is 6.08 Å². The number of allylic oxidation sites excluding steroid dienone is 1. The Bertz CT molecular complexity index is 442. The van der Waals surface area contributed by atoms with Crippen molar-refractivity contribution in [3.63, 3.8) is 0 Å². The molecule has 1 N–H and O–H groups in total. The van der Waals surface area contributed by atoms with Gasteiger partial charge in [-0.05, 0) is 24.6 Å². The molecule has 0 bridgehead atoms. The highest BCUT2D eigenvalue weighted by Gasteiger charge is 2.11. The number of hydrogen-bond donors (Lipinski definition) is 1. The predicted octanol–water partition coefficient (Wildman–Crippen LogP) is 2.72. The SMILES string of the molecule is O=C(O)c1ccccc1OCOC1=CCCS1. The van der Waals surface area contributed by atoms with Crippen LogP contribution in [0.3, 0.4) is 0 Å². The summed E-state index contributed by atoms with van der Waals surface area (Å²) in [6.45, 7) is 0.0309. The third-order valence-corrected chi connectivity index (χ3v) is 3.22. The maximum absolute atomic E-state index is 10.9. The Morgan fingerprint density at radius 3 is 2.88 bits per heavy atom. The highest BCUT2D eigenvalue weighted by Crippen LogP contribution is 2.26. The van der Waals surface area contributed by atoms with Crippen molar-refractivity contribution in [3.05, 3.63) is 41.0 Å². The van der Waals surface area contributed by atoms with Crippen LogP contribution in [0.5, 0.6) is 5.75 Å². The van der Waals surface area contributed by atoms with Gasteiger partial charge >= 0.3 is 5.97 Å². The molecule has 90 valence electrons. The molecule has 0 aliphatic carbocycles. The fourth-order valence-corrected chi connectivity index (χ4v) is 2.22. The smallest absolute Gasteiger partial charge is 0.339 e. The monoisotopic (exact) mass is 252 g/mol. The van der Waals surface area contributed by atoms with Crippen LogP contribution in [0.1, 0.15) is 16.8 Å². The van der Waals surface area contributed by atoms with Gasteiger partial charge in [0.25, 0.3) is 0 Å². The van der Waals surface area contributed by atoms with Crippen LogP contribution in [-0.4, -0.2) is 23.6 Å². The van der Waals surface area contributed by atoms with Gasteiger partial charge in [0, 0.05) is 5.75 Å². The van der Waals surface area contributed by atoms with Crippen LogP contribution in [-0.2, 0) is 4.74 Å². The van der Waals surface area contributed by atoms with Gasteiger partial charge in [-0.3, -0.25) is 0 Å². The van der Waals surface area contributed by atoms with Crippen LogP contribution in [0.2, 0.25) is 0 Å². The van der Waals surface area contributed by atoms with Crippen molar-refractivity contribution in [1.29, 1.82) is 0 Å². The molecule has 0 atom stereocenters. The van der Waals surface area contributed by atoms with Gasteiger partial charge in [-0.1, -0.05) is 23.9 Å². The van der Waals surface area contributed by atoms with Crippen molar-refractivity contribution in [1.82, 2.24) is 0 Å². The molecule has 0 saturated carbocycles. The maximum atomic E-state index is 10.9. The first-order chi connectivity index (χ1) is 8.27. The number of para-hydroxylation sites is 1. The van der Waals surface area contributed by atoms with Gasteiger partial charge in [0.05, 0.1) is 0 Å². The van der Waals surface area contributed by atoms with E-state index < -0.39 is 5.97 Å². The zero-order valence-corrected chi connectivity index (χ0v) is 9.90. The molecule has 1 aliphatic rings. The number of rotatable bonds is 5. The highest BCUT2D eigenvalue weighted by molar-refractivity contribution is 8.03. The Morgan fingerprint density at radius 2 is 2.18 bits per heavy atom. The number of ether oxygens (including phenoxy) is 2. The summed E-state index contributed by atoms with van der Waals surface area (Å²) >= 11 is 1.63. The topological polar surface area (TPSA) is 55.8 Å². The number of benzene rings is 1. The van der Waals surface area contributed by atoms with Gasteiger partial charge in [0.2, 0.25) is 6.79 Å². The largest absolute Gasteiger partial charge is 0.478 e. The number of carbonyl (C=O) groups is 1. The molecule has 0 radical (unpaired) electrons. The highest BCUT2D eigenvalue weighted by atomic mass is 32.2. The van der Waals surface area contributed by atoms with E-state index in [0.717, 1.165) is 17.3 Å². The van der Waals surface area contributed by atoms with Crippen molar-refractivity contribution >= 4 is 17.7 Å². The van der Waals surface area contributed by atoms with E-state index in [1.165, 1.54) is 6.07 Å². The average molecular weight is 252 g/mol. The van der Waals surface area contributed by atoms with Gasteiger partial charge < -0.3 is 14.6 Å². The number of aromatic carboxylic acids is 1. The normalized spacial score (nSPS) is 14.2. The molecule has 1 aromatic carbocycles. The van der Waals surface area contributed by atoms with Gasteiger partial charge in [-0.2, -0.15) is 0 Å². The summed E-state index contributed by atoms with van der Waals surface area (Å²) in [7, 11) is 0. The van der Waals surface area contributed by atoms with E-state index in [-0.39, 0.29) is 12.4 Å². The molecule has 1 aromatic rings. The third-order valence-electron chi connectivity index (χ3n) is 2.21. The first kappa shape index (κ1) is 11.9. The van der Waals surface area contributed by atoms with Gasteiger partial charge in [-0.15, -0.1) is 0 Å². The minimum atomic E-state index is -1.00. The summed E-state index contributed by atoms with van der Waals surface area (Å²) in [5.74, 6) is 0.347. The van der Waals surface area contributed by atoms with Crippen molar-refractivity contribution in [2.24, 2.45) is 0 Å². The minimum Gasteiger partial charge on any atom is -0.478 e. The second kappa shape index (κ2) is 5.63. The van der Waals surface area contributed by atoms with E-state index in [4.69, 9.17) is 14.6 Å². The predicted molar refractivity (Wildman–Crippen MR) is 65.1 cm³/mol. The van der Waals surface area contributed by atoms with Crippen molar-refractivity contribution in [2.75, 3.05) is 12.5 Å². The van der Waals surface area contributed by atoms with E-state index in [0.29, 0.717) is 5.75 Å². The van der Waals surface area contributed by atoms with E-state index in [1.54, 1.807) is 30.0 Å². The molecule has 0 unspecified atom stereocenters. The van der Waals surface area contributed by atoms with Crippen LogP contribution >= 0.6 is 11.8 Å². The molecule has 17 heavy (non-hydrogen) atoms. The standard InChI is InChI=1S/C12H12O4S/c13-12(14)9-4-1-2-5-10(9)15-8-16-11-6-3-7-17-11/h1-2,4-6H,3,7-8H2,(H,13,14). The van der Waals surface area contributed by atoms with Crippen molar-refractivity contribution in [2.45, 2.75) is 6.42 Å². The Kier molecular flexibility index (Phi) is 3.93. The summed E-state index contributed by atoms with van der Waals surface area (Å²) in [5, 5.41) is 9.79. The first-order valence-electron chi connectivity index (χ1n) is 5.18. The summed E-state index contributed by atoms with van der Waals surface area (Å²) in [4.78, 5) is 10.9. The van der Waals surface area contributed by atoms with E-state index >= 15 is 0 Å². The molecular formula is C12H12O4S. The number of carboxylic acid groups (broad SMARTS) is 1. The minimum absolute atomic E-state index is 0.0309. The number of hydrogen-bond acceptors (Lipinski definition) is 4. The maximum Gasteiger partial charge on any atom is 0.339 e. The lowest BCUT2D eigenvalue weighted by Crippen LogP contribution is -2.06. The zero-order valence-electron chi connectivity index (χ0n) is 9.09. The number of thioether (sulfide) groups is 1. The Balaban J connectivity index is 1.92. The molecule has 4 nitrogen and oxygen atoms in total. The summed E-state index contributed by atoms with van der Waals surface area (Å²) in [5.41, 5.74) is 0.143. The molecule has 0 saturated heterocycles. The lowest BCUT2D eigenvalue weighted by Gasteiger charge is -2.10. The van der Waals surface area contributed by atoms with Crippen molar-refractivity contribution < 1.29 is 19.4 Å². The second-order valence-corrected chi connectivity index (χ2v) is 4.47. The molecule has 0 amide bonds. The van der Waals surface area contributed by atoms with Gasteiger partial charge in [0.1, 0.15) is 11.3 Å². The second-order valence-electron chi connectivity index (χ2n) is 3.37. The molecule has 5 heteroatoms. The third kappa shape index (κ3) is 3.17. The van der Waals surface area contributed by atoms with Crippen LogP contribution < -0.4 is 4.74 Å². The molecular weight excluding hydrogens is 240 g/mol. The quantitative estimate of drug-likeness (QED) is 0.816. The van der Waals surface area contributed by atoms with Crippen LogP contribution in [0, 0.1) is 0 Å². The Hall–Kier alpha value is -1.62. The Morgan fingerprint density at radius 1 is 1.35 bits per heavy atom. The van der Waals surface area contributed by atoms with Crippen LogP contribution in [0.15, 0.2) is 35.4 Å². The first-order valence-corrected chi connectivity index (χ1v) is 6.17. The molecule has 2 rings (SSSR count). The van der Waals surface area contributed by atoms with Gasteiger partial charge in [-0.25, -0.2) is 4.79 Å². The van der Waals surface area contributed by atoms with Crippen LogP contribution in [0.25, 0.3) is 0 Å². The van der Waals surface area contributed by atoms with E-state index in [2.05, 4.69) is 0 Å². The molecule has 0 aromatic heterocycles. The summed E-state index contributed by atoms with van der Waals surface area (Å²) in [6, 6.07) is 6.50. The average Bonchev–Trinajstić information content (AvgIpc) is 2.82. The fraction of sp³-hybridized carbons (Fsp3) is 0.250. The summed E-state index contributed by atoms with van der Waals surface area (Å²) < 4.78 is 10.7. The van der Waals surface area contributed by atoms with E-state index in [9.17, 15) is 4.79 Å². The van der Waals surface area contributed by atoms with Crippen LogP contribution in [0.4, 0.5) is 0 Å². The van der Waals surface area contributed by atoms with Crippen molar-refractivity contribution in [3.8, 4) is 5.75 Å². The summed E-state index contributed by atoms with van der Waals surface area (Å²) in [6.07, 6.45) is 3.00.